The molecule has 0 atom stereocenters. The predicted molar refractivity (Wildman–Crippen MR) is 64.1 cm³/mol. The molecule has 0 aliphatic carbocycles. The molecule has 1 N–H and O–H groups in total. The van der Waals surface area contributed by atoms with Gasteiger partial charge in [0.25, 0.3) is 0 Å². The third-order valence-electron chi connectivity index (χ3n) is 2.06. The van der Waals surface area contributed by atoms with Crippen molar-refractivity contribution in [1.82, 2.24) is 0 Å². The maximum absolute atomic E-state index is 10.5. The van der Waals surface area contributed by atoms with Crippen LogP contribution in [-0.2, 0) is 16.1 Å². The van der Waals surface area contributed by atoms with Crippen LogP contribution in [0.2, 0.25) is 0 Å². The van der Waals surface area contributed by atoms with Crippen molar-refractivity contribution in [1.29, 1.82) is 0 Å². The lowest BCUT2D eigenvalue weighted by Crippen LogP contribution is -2.01. The minimum atomic E-state index is -0.598. The Kier molecular flexibility index (Phi) is 9.32. The first kappa shape index (κ1) is 14.6. The molecule has 3 heteroatoms. The van der Waals surface area contributed by atoms with E-state index in [1.54, 1.807) is 0 Å². The highest BCUT2D eigenvalue weighted by atomic mass is 17.1. The summed E-state index contributed by atoms with van der Waals surface area (Å²) in [5, 5.41) is 7.96. The number of hydrogen-bond acceptors (Lipinski definition) is 3. The Balaban J connectivity index is 0.000000487. The summed E-state index contributed by atoms with van der Waals surface area (Å²) in [5.74, 6) is -0.598. The standard InChI is InChI=1S/C9H10O3.C4H10/c10-9(12-11)7-6-8-4-2-1-3-5-8;1-3-4-2/h1-5,11H,6-7H2;3-4H2,1-2H3. The molecule has 0 aromatic heterocycles. The van der Waals surface area contributed by atoms with Crippen molar-refractivity contribution >= 4 is 5.97 Å². The Morgan fingerprint density at radius 1 is 1.19 bits per heavy atom. The molecule has 0 spiro atoms. The summed E-state index contributed by atoms with van der Waals surface area (Å²) < 4.78 is 0. The largest absolute Gasteiger partial charge is 0.342 e. The monoisotopic (exact) mass is 224 g/mol. The van der Waals surface area contributed by atoms with Gasteiger partial charge in [0, 0.05) is 0 Å². The maximum atomic E-state index is 10.5. The molecule has 0 bridgehead atoms. The molecular formula is C13H20O3. The normalized spacial score (nSPS) is 8.94. The first-order valence-corrected chi connectivity index (χ1v) is 5.62. The number of carbonyl (C=O) groups excluding carboxylic acids is 1. The average Bonchev–Trinajstić information content (AvgIpc) is 2.37. The van der Waals surface area contributed by atoms with E-state index in [4.69, 9.17) is 5.26 Å². The summed E-state index contributed by atoms with van der Waals surface area (Å²) in [7, 11) is 0. The molecule has 0 aliphatic rings. The Hall–Kier alpha value is -1.35. The van der Waals surface area contributed by atoms with Gasteiger partial charge >= 0.3 is 5.97 Å². The van der Waals surface area contributed by atoms with Gasteiger partial charge in [-0.1, -0.05) is 57.0 Å². The van der Waals surface area contributed by atoms with E-state index in [1.807, 2.05) is 30.3 Å². The van der Waals surface area contributed by atoms with E-state index in [0.717, 1.165) is 5.56 Å². The van der Waals surface area contributed by atoms with E-state index in [2.05, 4.69) is 18.7 Å². The molecule has 1 aromatic rings. The zero-order valence-corrected chi connectivity index (χ0v) is 9.98. The fraction of sp³-hybridized carbons (Fsp3) is 0.462. The lowest BCUT2D eigenvalue weighted by molar-refractivity contribution is -0.234. The summed E-state index contributed by atoms with van der Waals surface area (Å²) in [4.78, 5) is 14.0. The molecule has 0 saturated heterocycles. The molecule has 0 fully saturated rings. The minimum Gasteiger partial charge on any atom is -0.301 e. The second kappa shape index (κ2) is 10.2. The van der Waals surface area contributed by atoms with Crippen LogP contribution >= 0.6 is 0 Å². The van der Waals surface area contributed by atoms with Gasteiger partial charge in [0.05, 0.1) is 6.42 Å². The zero-order chi connectivity index (χ0) is 12.2. The van der Waals surface area contributed by atoms with Crippen molar-refractivity contribution in [2.75, 3.05) is 0 Å². The van der Waals surface area contributed by atoms with Crippen LogP contribution < -0.4 is 0 Å². The van der Waals surface area contributed by atoms with Gasteiger partial charge in [0.2, 0.25) is 0 Å². The Labute approximate surface area is 97.0 Å². The van der Waals surface area contributed by atoms with Crippen LogP contribution in [0.5, 0.6) is 0 Å². The molecule has 90 valence electrons. The Morgan fingerprint density at radius 2 is 1.75 bits per heavy atom. The average molecular weight is 224 g/mol. The Bertz CT molecular complexity index is 268. The Morgan fingerprint density at radius 3 is 2.19 bits per heavy atom. The topological polar surface area (TPSA) is 46.5 Å². The van der Waals surface area contributed by atoms with Crippen LogP contribution in [0.15, 0.2) is 30.3 Å². The number of rotatable bonds is 4. The van der Waals surface area contributed by atoms with Crippen LogP contribution in [0.4, 0.5) is 0 Å². The van der Waals surface area contributed by atoms with E-state index in [1.165, 1.54) is 12.8 Å². The van der Waals surface area contributed by atoms with Gasteiger partial charge in [-0.05, 0) is 12.0 Å². The van der Waals surface area contributed by atoms with Crippen LogP contribution in [0.3, 0.4) is 0 Å². The number of unbranched alkanes of at least 4 members (excludes halogenated alkanes) is 1. The molecule has 16 heavy (non-hydrogen) atoms. The zero-order valence-electron chi connectivity index (χ0n) is 9.98. The smallest absolute Gasteiger partial charge is 0.301 e. The van der Waals surface area contributed by atoms with E-state index in [-0.39, 0.29) is 6.42 Å². The summed E-state index contributed by atoms with van der Waals surface area (Å²) >= 11 is 0. The SMILES string of the molecule is CCCC.O=C(CCc1ccccc1)OO. The molecule has 1 rings (SSSR count). The van der Waals surface area contributed by atoms with Crippen molar-refractivity contribution in [2.45, 2.75) is 39.5 Å². The van der Waals surface area contributed by atoms with Crippen molar-refractivity contribution < 1.29 is 14.9 Å². The number of carbonyl (C=O) groups is 1. The summed E-state index contributed by atoms with van der Waals surface area (Å²) in [5.41, 5.74) is 1.06. The molecular weight excluding hydrogens is 204 g/mol. The maximum Gasteiger partial charge on any atom is 0.342 e. The van der Waals surface area contributed by atoms with E-state index in [0.29, 0.717) is 6.42 Å². The van der Waals surface area contributed by atoms with Gasteiger partial charge in [-0.25, -0.2) is 4.79 Å². The quantitative estimate of drug-likeness (QED) is 0.629. The van der Waals surface area contributed by atoms with E-state index < -0.39 is 5.97 Å². The van der Waals surface area contributed by atoms with Crippen molar-refractivity contribution in [2.24, 2.45) is 0 Å². The lowest BCUT2D eigenvalue weighted by atomic mass is 10.1. The van der Waals surface area contributed by atoms with Gasteiger partial charge in [-0.2, -0.15) is 5.26 Å². The summed E-state index contributed by atoms with van der Waals surface area (Å²) in [6.07, 6.45) is 3.45. The van der Waals surface area contributed by atoms with Crippen LogP contribution in [-0.4, -0.2) is 11.2 Å². The third-order valence-corrected chi connectivity index (χ3v) is 2.06. The lowest BCUT2D eigenvalue weighted by Gasteiger charge is -1.97. The number of benzene rings is 1. The molecule has 0 amide bonds. The molecule has 0 heterocycles. The molecule has 0 aliphatic heterocycles. The molecule has 0 saturated carbocycles. The molecule has 0 unspecified atom stereocenters. The highest BCUT2D eigenvalue weighted by Gasteiger charge is 2.01. The van der Waals surface area contributed by atoms with Gasteiger partial charge < -0.3 is 4.89 Å². The van der Waals surface area contributed by atoms with Crippen molar-refractivity contribution in [3.8, 4) is 0 Å². The third kappa shape index (κ3) is 8.00. The highest BCUT2D eigenvalue weighted by molar-refractivity contribution is 5.68. The first-order chi connectivity index (χ1) is 7.74. The molecule has 3 nitrogen and oxygen atoms in total. The fourth-order valence-electron chi connectivity index (χ4n) is 0.937. The van der Waals surface area contributed by atoms with E-state index in [9.17, 15) is 4.79 Å². The first-order valence-electron chi connectivity index (χ1n) is 5.62. The second-order valence-electron chi connectivity index (χ2n) is 3.45. The highest BCUT2D eigenvalue weighted by Crippen LogP contribution is 2.02. The fourth-order valence-corrected chi connectivity index (χ4v) is 0.937. The minimum absolute atomic E-state index is 0.209. The van der Waals surface area contributed by atoms with Gasteiger partial charge in [-0.3, -0.25) is 0 Å². The predicted octanol–water partition coefficient (Wildman–Crippen LogP) is 3.44. The van der Waals surface area contributed by atoms with Crippen LogP contribution in [0.1, 0.15) is 38.7 Å². The van der Waals surface area contributed by atoms with Crippen molar-refractivity contribution in [3.05, 3.63) is 35.9 Å². The van der Waals surface area contributed by atoms with E-state index >= 15 is 0 Å². The number of hydrogen-bond donors (Lipinski definition) is 1. The van der Waals surface area contributed by atoms with Gasteiger partial charge in [-0.15, -0.1) is 0 Å². The molecule has 1 aromatic carbocycles. The molecule has 0 radical (unpaired) electrons. The second-order valence-corrected chi connectivity index (χ2v) is 3.45. The summed E-state index contributed by atoms with van der Waals surface area (Å²) in [6.45, 7) is 4.36. The number of aryl methyl sites for hydroxylation is 1. The van der Waals surface area contributed by atoms with Gasteiger partial charge in [0.15, 0.2) is 0 Å². The summed E-state index contributed by atoms with van der Waals surface area (Å²) in [6, 6.07) is 9.56. The van der Waals surface area contributed by atoms with Crippen LogP contribution in [0.25, 0.3) is 0 Å². The van der Waals surface area contributed by atoms with Gasteiger partial charge in [0.1, 0.15) is 0 Å². The van der Waals surface area contributed by atoms with Crippen molar-refractivity contribution in [3.63, 3.8) is 0 Å². The van der Waals surface area contributed by atoms with Crippen LogP contribution in [0, 0.1) is 0 Å².